The van der Waals surface area contributed by atoms with E-state index >= 15 is 0 Å². The fraction of sp³-hybridized carbons (Fsp3) is 0.429. The predicted octanol–water partition coefficient (Wildman–Crippen LogP) is 6.23. The molecule has 132 valence electrons. The van der Waals surface area contributed by atoms with Gasteiger partial charge in [-0.05, 0) is 46.8 Å². The first-order valence-electron chi connectivity index (χ1n) is 9.23. The van der Waals surface area contributed by atoms with Crippen LogP contribution in [0.25, 0.3) is 16.9 Å². The Labute approximate surface area is 158 Å². The highest BCUT2D eigenvalue weighted by Gasteiger charge is 2.16. The van der Waals surface area contributed by atoms with Gasteiger partial charge >= 0.3 is 0 Å². The van der Waals surface area contributed by atoms with E-state index in [0.717, 1.165) is 22.2 Å². The molecule has 0 atom stereocenters. The van der Waals surface area contributed by atoms with Crippen LogP contribution in [0.5, 0.6) is 0 Å². The molecule has 3 nitrogen and oxygen atoms in total. The molecule has 2 aromatic heterocycles. The quantitative estimate of drug-likeness (QED) is 0.471. The summed E-state index contributed by atoms with van der Waals surface area (Å²) in [5.41, 5.74) is 5.64. The molecule has 3 aromatic rings. The topological polar surface area (TPSA) is 30.2 Å². The Balaban J connectivity index is 2.09. The van der Waals surface area contributed by atoms with Crippen LogP contribution < -0.4 is 0 Å². The number of halogens is 1. The van der Waals surface area contributed by atoms with Crippen LogP contribution >= 0.6 is 15.9 Å². The Hall–Kier alpha value is -1.68. The standard InChI is InChI=1S/C21H26BrN3/c1-4-8-16(9-5-2)12-17-13-20(18-11-7-6-10-15(18)3)24-21-19(22)14-23-25(17)21/h6-7,10-11,13-14,16H,4-5,8-9,12H2,1-3H3. The first kappa shape index (κ1) is 18.1. The van der Waals surface area contributed by atoms with Gasteiger partial charge in [0.15, 0.2) is 5.65 Å². The number of hydrogen-bond donors (Lipinski definition) is 0. The summed E-state index contributed by atoms with van der Waals surface area (Å²) in [7, 11) is 0. The lowest BCUT2D eigenvalue weighted by molar-refractivity contribution is 0.430. The fourth-order valence-corrected chi connectivity index (χ4v) is 3.95. The molecule has 0 radical (unpaired) electrons. The second kappa shape index (κ2) is 8.13. The third-order valence-electron chi connectivity index (χ3n) is 4.82. The van der Waals surface area contributed by atoms with E-state index in [1.54, 1.807) is 0 Å². The van der Waals surface area contributed by atoms with Gasteiger partial charge in [-0.2, -0.15) is 5.10 Å². The number of rotatable bonds is 7. The van der Waals surface area contributed by atoms with Gasteiger partial charge in [-0.1, -0.05) is 63.8 Å². The van der Waals surface area contributed by atoms with Crippen molar-refractivity contribution in [2.24, 2.45) is 5.92 Å². The van der Waals surface area contributed by atoms with Gasteiger partial charge in [0.2, 0.25) is 0 Å². The number of aryl methyl sites for hydroxylation is 1. The van der Waals surface area contributed by atoms with E-state index in [1.807, 2.05) is 10.7 Å². The molecule has 0 aliphatic rings. The third kappa shape index (κ3) is 3.95. The summed E-state index contributed by atoms with van der Waals surface area (Å²) in [6, 6.07) is 10.7. The number of benzene rings is 1. The zero-order chi connectivity index (χ0) is 17.8. The molecular formula is C21H26BrN3. The molecule has 0 saturated carbocycles. The molecule has 0 aliphatic carbocycles. The number of hydrogen-bond acceptors (Lipinski definition) is 2. The second-order valence-electron chi connectivity index (χ2n) is 6.82. The van der Waals surface area contributed by atoms with Crippen LogP contribution in [0.2, 0.25) is 0 Å². The Morgan fingerprint density at radius 1 is 1.12 bits per heavy atom. The van der Waals surface area contributed by atoms with Crippen molar-refractivity contribution in [2.75, 3.05) is 0 Å². The van der Waals surface area contributed by atoms with Crippen LogP contribution in [-0.2, 0) is 6.42 Å². The van der Waals surface area contributed by atoms with E-state index < -0.39 is 0 Å². The Kier molecular flexibility index (Phi) is 5.89. The van der Waals surface area contributed by atoms with Gasteiger partial charge in [0.25, 0.3) is 0 Å². The molecule has 25 heavy (non-hydrogen) atoms. The van der Waals surface area contributed by atoms with E-state index in [4.69, 9.17) is 4.98 Å². The lowest BCUT2D eigenvalue weighted by Crippen LogP contribution is -2.10. The first-order chi connectivity index (χ1) is 12.1. The van der Waals surface area contributed by atoms with Crippen molar-refractivity contribution < 1.29 is 0 Å². The van der Waals surface area contributed by atoms with Crippen molar-refractivity contribution in [3.63, 3.8) is 0 Å². The summed E-state index contributed by atoms with van der Waals surface area (Å²) in [5, 5.41) is 4.56. The van der Waals surface area contributed by atoms with E-state index in [1.165, 1.54) is 42.5 Å². The molecule has 0 aliphatic heterocycles. The van der Waals surface area contributed by atoms with Crippen LogP contribution in [-0.4, -0.2) is 14.6 Å². The molecule has 1 aromatic carbocycles. The smallest absolute Gasteiger partial charge is 0.170 e. The van der Waals surface area contributed by atoms with Crippen molar-refractivity contribution in [1.82, 2.24) is 14.6 Å². The van der Waals surface area contributed by atoms with E-state index in [9.17, 15) is 0 Å². The van der Waals surface area contributed by atoms with Crippen molar-refractivity contribution in [3.05, 3.63) is 52.3 Å². The van der Waals surface area contributed by atoms with Crippen LogP contribution in [0, 0.1) is 12.8 Å². The summed E-state index contributed by atoms with van der Waals surface area (Å²) in [6.07, 6.45) is 7.88. The lowest BCUT2D eigenvalue weighted by atomic mass is 9.92. The van der Waals surface area contributed by atoms with Crippen molar-refractivity contribution in [2.45, 2.75) is 52.9 Å². The summed E-state index contributed by atoms with van der Waals surface area (Å²) in [4.78, 5) is 4.88. The van der Waals surface area contributed by atoms with E-state index in [2.05, 4.69) is 72.1 Å². The summed E-state index contributed by atoms with van der Waals surface area (Å²) >= 11 is 3.61. The van der Waals surface area contributed by atoms with Crippen molar-refractivity contribution in [1.29, 1.82) is 0 Å². The van der Waals surface area contributed by atoms with Crippen LogP contribution in [0.4, 0.5) is 0 Å². The van der Waals surface area contributed by atoms with Gasteiger partial charge in [-0.25, -0.2) is 9.50 Å². The van der Waals surface area contributed by atoms with Gasteiger partial charge in [-0.3, -0.25) is 0 Å². The van der Waals surface area contributed by atoms with Crippen LogP contribution in [0.1, 0.15) is 50.8 Å². The molecule has 0 fully saturated rings. The maximum Gasteiger partial charge on any atom is 0.170 e. The van der Waals surface area contributed by atoms with Crippen molar-refractivity contribution in [3.8, 4) is 11.3 Å². The zero-order valence-electron chi connectivity index (χ0n) is 15.3. The second-order valence-corrected chi connectivity index (χ2v) is 7.68. The van der Waals surface area contributed by atoms with Gasteiger partial charge in [0.05, 0.1) is 16.4 Å². The van der Waals surface area contributed by atoms with Gasteiger partial charge in [-0.15, -0.1) is 0 Å². The highest BCUT2D eigenvalue weighted by molar-refractivity contribution is 9.10. The molecule has 0 saturated heterocycles. The minimum atomic E-state index is 0.702. The summed E-state index contributed by atoms with van der Waals surface area (Å²) in [5.74, 6) is 0.702. The molecule has 2 heterocycles. The number of fused-ring (bicyclic) bond motifs is 1. The Morgan fingerprint density at radius 2 is 1.84 bits per heavy atom. The highest BCUT2D eigenvalue weighted by Crippen LogP contribution is 2.28. The minimum absolute atomic E-state index is 0.702. The van der Waals surface area contributed by atoms with E-state index in [-0.39, 0.29) is 0 Å². The molecular weight excluding hydrogens is 374 g/mol. The van der Waals surface area contributed by atoms with Crippen LogP contribution in [0.3, 0.4) is 0 Å². The molecule has 0 N–H and O–H groups in total. The molecule has 0 amide bonds. The van der Waals surface area contributed by atoms with Gasteiger partial charge in [0, 0.05) is 11.3 Å². The van der Waals surface area contributed by atoms with Crippen LogP contribution in [0.15, 0.2) is 41.0 Å². The maximum absolute atomic E-state index is 4.88. The molecule has 3 rings (SSSR count). The van der Waals surface area contributed by atoms with E-state index in [0.29, 0.717) is 5.92 Å². The minimum Gasteiger partial charge on any atom is -0.227 e. The number of aromatic nitrogens is 3. The molecule has 0 unspecified atom stereocenters. The average Bonchev–Trinajstić information content (AvgIpc) is 2.97. The lowest BCUT2D eigenvalue weighted by Gasteiger charge is -2.17. The Morgan fingerprint density at radius 3 is 2.52 bits per heavy atom. The third-order valence-corrected chi connectivity index (χ3v) is 5.37. The highest BCUT2D eigenvalue weighted by atomic mass is 79.9. The zero-order valence-corrected chi connectivity index (χ0v) is 16.9. The van der Waals surface area contributed by atoms with Gasteiger partial charge < -0.3 is 0 Å². The largest absolute Gasteiger partial charge is 0.227 e. The predicted molar refractivity (Wildman–Crippen MR) is 108 cm³/mol. The maximum atomic E-state index is 4.88. The Bertz CT molecular complexity index is 847. The number of nitrogens with zero attached hydrogens (tertiary/aromatic N) is 3. The monoisotopic (exact) mass is 399 g/mol. The van der Waals surface area contributed by atoms with Gasteiger partial charge in [0.1, 0.15) is 0 Å². The fourth-order valence-electron chi connectivity index (χ4n) is 3.60. The summed E-state index contributed by atoms with van der Waals surface area (Å²) in [6.45, 7) is 6.69. The molecule has 0 spiro atoms. The first-order valence-corrected chi connectivity index (χ1v) is 10.0. The molecule has 0 bridgehead atoms. The molecule has 4 heteroatoms. The normalized spacial score (nSPS) is 11.6. The summed E-state index contributed by atoms with van der Waals surface area (Å²) < 4.78 is 2.95. The SMILES string of the molecule is CCCC(CCC)Cc1cc(-c2ccccc2C)nc2c(Br)cnn12. The van der Waals surface area contributed by atoms with Crippen molar-refractivity contribution >= 4 is 21.6 Å². The average molecular weight is 400 g/mol.